The maximum atomic E-state index is 5.30. The van der Waals surface area contributed by atoms with E-state index in [4.69, 9.17) is 4.74 Å². The fourth-order valence-corrected chi connectivity index (χ4v) is 1.74. The van der Waals surface area contributed by atoms with Crippen LogP contribution in [0.1, 0.15) is 11.1 Å². The monoisotopic (exact) mass is 239 g/mol. The van der Waals surface area contributed by atoms with Crippen molar-refractivity contribution in [2.45, 2.75) is 6.54 Å². The van der Waals surface area contributed by atoms with Crippen molar-refractivity contribution in [3.05, 3.63) is 71.9 Å². The molecule has 2 heteroatoms. The normalized spacial score (nSPS) is 10.5. The lowest BCUT2D eigenvalue weighted by Crippen LogP contribution is -2.05. The van der Waals surface area contributed by atoms with E-state index in [1.54, 1.807) is 7.11 Å². The van der Waals surface area contributed by atoms with Gasteiger partial charge >= 0.3 is 0 Å². The van der Waals surface area contributed by atoms with Gasteiger partial charge in [-0.25, -0.2) is 0 Å². The summed E-state index contributed by atoms with van der Waals surface area (Å²) in [5, 5.41) is 3.26. The Labute approximate surface area is 108 Å². The van der Waals surface area contributed by atoms with Crippen molar-refractivity contribution < 1.29 is 4.74 Å². The first-order valence-electron chi connectivity index (χ1n) is 5.97. The van der Waals surface area contributed by atoms with Crippen LogP contribution in [0.25, 0.3) is 6.08 Å². The molecular weight excluding hydrogens is 222 g/mol. The number of nitrogens with one attached hydrogen (secondary N) is 1. The Morgan fingerprint density at radius 2 is 1.72 bits per heavy atom. The fourth-order valence-electron chi connectivity index (χ4n) is 1.74. The maximum absolute atomic E-state index is 5.30. The quantitative estimate of drug-likeness (QED) is 0.862. The van der Waals surface area contributed by atoms with Gasteiger partial charge in [0.15, 0.2) is 0 Å². The van der Waals surface area contributed by atoms with Crippen LogP contribution in [0.15, 0.2) is 60.8 Å². The molecule has 0 spiro atoms. The number of benzene rings is 2. The van der Waals surface area contributed by atoms with Crippen LogP contribution in [-0.4, -0.2) is 7.11 Å². The van der Waals surface area contributed by atoms with Gasteiger partial charge < -0.3 is 10.1 Å². The van der Waals surface area contributed by atoms with Crippen LogP contribution in [0.4, 0.5) is 0 Å². The van der Waals surface area contributed by atoms with Crippen molar-refractivity contribution in [2.24, 2.45) is 0 Å². The van der Waals surface area contributed by atoms with Gasteiger partial charge in [0.2, 0.25) is 0 Å². The number of rotatable bonds is 5. The van der Waals surface area contributed by atoms with Crippen LogP contribution in [0.5, 0.6) is 5.75 Å². The van der Waals surface area contributed by atoms with Crippen LogP contribution in [0.3, 0.4) is 0 Å². The number of hydrogen-bond acceptors (Lipinski definition) is 2. The van der Waals surface area contributed by atoms with Gasteiger partial charge in [-0.2, -0.15) is 0 Å². The van der Waals surface area contributed by atoms with Crippen LogP contribution in [-0.2, 0) is 6.54 Å². The Balaban J connectivity index is 1.91. The first kappa shape index (κ1) is 12.2. The number of methoxy groups -OCH3 is 1. The minimum Gasteiger partial charge on any atom is -0.496 e. The van der Waals surface area contributed by atoms with E-state index in [-0.39, 0.29) is 0 Å². The zero-order chi connectivity index (χ0) is 12.6. The van der Waals surface area contributed by atoms with Gasteiger partial charge in [0, 0.05) is 12.1 Å². The molecular formula is C16H17NO. The van der Waals surface area contributed by atoms with E-state index in [2.05, 4.69) is 29.6 Å². The lowest BCUT2D eigenvalue weighted by Gasteiger charge is -2.07. The summed E-state index contributed by atoms with van der Waals surface area (Å²) in [5.74, 6) is 0.915. The van der Waals surface area contributed by atoms with Crippen molar-refractivity contribution in [2.75, 3.05) is 7.11 Å². The molecule has 0 aromatic heterocycles. The summed E-state index contributed by atoms with van der Waals surface area (Å²) in [6, 6.07) is 18.2. The predicted molar refractivity (Wildman–Crippen MR) is 75.3 cm³/mol. The first-order valence-corrected chi connectivity index (χ1v) is 5.97. The molecule has 0 saturated heterocycles. The standard InChI is InChI=1S/C16H17NO/c1-18-16-10-6-5-9-15(16)13-17-12-11-14-7-3-2-4-8-14/h2-12,17H,13H2,1H3. The minimum atomic E-state index is 0.757. The third kappa shape index (κ3) is 3.39. The smallest absolute Gasteiger partial charge is 0.123 e. The summed E-state index contributed by atoms with van der Waals surface area (Å²) in [5.41, 5.74) is 2.34. The molecule has 2 rings (SSSR count). The van der Waals surface area contributed by atoms with E-state index in [0.717, 1.165) is 17.9 Å². The average Bonchev–Trinajstić information content (AvgIpc) is 2.45. The summed E-state index contributed by atoms with van der Waals surface area (Å²) in [4.78, 5) is 0. The van der Waals surface area contributed by atoms with Crippen LogP contribution < -0.4 is 10.1 Å². The molecule has 0 saturated carbocycles. The highest BCUT2D eigenvalue weighted by Crippen LogP contribution is 2.16. The Morgan fingerprint density at radius 3 is 2.50 bits per heavy atom. The molecule has 0 unspecified atom stereocenters. The molecule has 0 atom stereocenters. The van der Waals surface area contributed by atoms with E-state index < -0.39 is 0 Å². The second-order valence-corrected chi connectivity index (χ2v) is 3.94. The highest BCUT2D eigenvalue weighted by atomic mass is 16.5. The molecule has 92 valence electrons. The van der Waals surface area contributed by atoms with E-state index in [1.807, 2.05) is 42.6 Å². The molecule has 0 bridgehead atoms. The molecule has 2 nitrogen and oxygen atoms in total. The molecule has 0 amide bonds. The fraction of sp³-hybridized carbons (Fsp3) is 0.125. The summed E-state index contributed by atoms with van der Waals surface area (Å²) in [7, 11) is 1.69. The Hall–Kier alpha value is -2.22. The van der Waals surface area contributed by atoms with Crippen LogP contribution in [0.2, 0.25) is 0 Å². The number of hydrogen-bond donors (Lipinski definition) is 1. The van der Waals surface area contributed by atoms with Gasteiger partial charge in [-0.1, -0.05) is 48.5 Å². The Kier molecular flexibility index (Phi) is 4.42. The topological polar surface area (TPSA) is 21.3 Å². The Morgan fingerprint density at radius 1 is 1.00 bits per heavy atom. The van der Waals surface area contributed by atoms with Gasteiger partial charge in [0.25, 0.3) is 0 Å². The molecule has 0 heterocycles. The molecule has 2 aromatic carbocycles. The zero-order valence-electron chi connectivity index (χ0n) is 10.5. The minimum absolute atomic E-state index is 0.757. The van der Waals surface area contributed by atoms with Crippen LogP contribution >= 0.6 is 0 Å². The molecule has 2 aromatic rings. The van der Waals surface area contributed by atoms with Crippen molar-refractivity contribution >= 4 is 6.08 Å². The SMILES string of the molecule is COc1ccccc1CNC=Cc1ccccc1. The van der Waals surface area contributed by atoms with Gasteiger partial charge in [0.05, 0.1) is 7.11 Å². The van der Waals surface area contributed by atoms with Gasteiger partial charge in [-0.3, -0.25) is 0 Å². The molecule has 0 aliphatic heterocycles. The van der Waals surface area contributed by atoms with Gasteiger partial charge in [-0.05, 0) is 23.9 Å². The molecule has 0 radical (unpaired) electrons. The van der Waals surface area contributed by atoms with E-state index in [1.165, 1.54) is 5.56 Å². The summed E-state index contributed by atoms with van der Waals surface area (Å²) in [6.07, 6.45) is 4.01. The molecule has 18 heavy (non-hydrogen) atoms. The third-order valence-electron chi connectivity index (χ3n) is 2.68. The van der Waals surface area contributed by atoms with Crippen molar-refractivity contribution in [1.82, 2.24) is 5.32 Å². The third-order valence-corrected chi connectivity index (χ3v) is 2.68. The second-order valence-electron chi connectivity index (χ2n) is 3.94. The molecule has 0 fully saturated rings. The summed E-state index contributed by atoms with van der Waals surface area (Å²) < 4.78 is 5.30. The van der Waals surface area contributed by atoms with E-state index in [9.17, 15) is 0 Å². The van der Waals surface area contributed by atoms with Gasteiger partial charge in [0.1, 0.15) is 5.75 Å². The lowest BCUT2D eigenvalue weighted by molar-refractivity contribution is 0.409. The highest BCUT2D eigenvalue weighted by Gasteiger charge is 1.98. The number of para-hydroxylation sites is 1. The summed E-state index contributed by atoms with van der Waals surface area (Å²) >= 11 is 0. The maximum Gasteiger partial charge on any atom is 0.123 e. The van der Waals surface area contributed by atoms with Gasteiger partial charge in [-0.15, -0.1) is 0 Å². The van der Waals surface area contributed by atoms with Crippen molar-refractivity contribution in [3.8, 4) is 5.75 Å². The average molecular weight is 239 g/mol. The molecule has 0 aliphatic carbocycles. The highest BCUT2D eigenvalue weighted by molar-refractivity contribution is 5.48. The van der Waals surface area contributed by atoms with E-state index in [0.29, 0.717) is 0 Å². The van der Waals surface area contributed by atoms with Crippen molar-refractivity contribution in [1.29, 1.82) is 0 Å². The Bertz CT molecular complexity index is 506. The second kappa shape index (κ2) is 6.50. The molecule has 0 aliphatic rings. The number of ether oxygens (including phenoxy) is 1. The predicted octanol–water partition coefficient (Wildman–Crippen LogP) is 3.46. The van der Waals surface area contributed by atoms with Crippen LogP contribution in [0, 0.1) is 0 Å². The zero-order valence-corrected chi connectivity index (χ0v) is 10.5. The lowest BCUT2D eigenvalue weighted by atomic mass is 10.2. The summed E-state index contributed by atoms with van der Waals surface area (Å²) in [6.45, 7) is 0.757. The van der Waals surface area contributed by atoms with Crippen molar-refractivity contribution in [3.63, 3.8) is 0 Å². The first-order chi connectivity index (χ1) is 8.90. The largest absolute Gasteiger partial charge is 0.496 e. The van der Waals surface area contributed by atoms with E-state index >= 15 is 0 Å². The molecule has 1 N–H and O–H groups in total.